The second kappa shape index (κ2) is 6.71. The van der Waals surface area contributed by atoms with Gasteiger partial charge < -0.3 is 10.6 Å². The quantitative estimate of drug-likeness (QED) is 0.854. The van der Waals surface area contributed by atoms with Crippen LogP contribution in [0.25, 0.3) is 0 Å². The number of carbonyl (C=O) groups is 1. The van der Waals surface area contributed by atoms with E-state index in [9.17, 15) is 4.79 Å². The summed E-state index contributed by atoms with van der Waals surface area (Å²) in [6.07, 6.45) is 4.44. The molecule has 1 aromatic carbocycles. The minimum absolute atomic E-state index is 0.0559. The zero-order chi connectivity index (χ0) is 13.7. The van der Waals surface area contributed by atoms with Crippen molar-refractivity contribution in [2.24, 2.45) is 5.73 Å². The molecule has 2 rings (SSSR count). The second-order valence-electron chi connectivity index (χ2n) is 5.39. The summed E-state index contributed by atoms with van der Waals surface area (Å²) in [5, 5.41) is 0. The molecule has 3 heteroatoms. The maximum atomic E-state index is 12.7. The topological polar surface area (TPSA) is 46.3 Å². The number of nitrogens with zero attached hydrogens (tertiary/aromatic N) is 1. The molecule has 3 nitrogen and oxygen atoms in total. The zero-order valence-electron chi connectivity index (χ0n) is 11.7. The highest BCUT2D eigenvalue weighted by atomic mass is 16.2. The molecule has 1 aromatic rings. The lowest BCUT2D eigenvalue weighted by molar-refractivity contribution is -0.136. The van der Waals surface area contributed by atoms with Crippen LogP contribution in [0.2, 0.25) is 0 Å². The van der Waals surface area contributed by atoms with Gasteiger partial charge in [-0.25, -0.2) is 0 Å². The van der Waals surface area contributed by atoms with Gasteiger partial charge in [-0.05, 0) is 44.7 Å². The van der Waals surface area contributed by atoms with E-state index in [0.717, 1.165) is 31.4 Å². The summed E-state index contributed by atoms with van der Waals surface area (Å²) in [4.78, 5) is 14.7. The largest absolute Gasteiger partial charge is 0.339 e. The molecule has 2 N–H and O–H groups in total. The fourth-order valence-electron chi connectivity index (χ4n) is 2.57. The Balaban J connectivity index is 2.05. The van der Waals surface area contributed by atoms with Crippen LogP contribution in [0.3, 0.4) is 0 Å². The molecule has 0 bridgehead atoms. The zero-order valence-corrected chi connectivity index (χ0v) is 11.7. The summed E-state index contributed by atoms with van der Waals surface area (Å²) >= 11 is 0. The monoisotopic (exact) mass is 260 g/mol. The summed E-state index contributed by atoms with van der Waals surface area (Å²) in [6.45, 7) is 3.46. The van der Waals surface area contributed by atoms with Gasteiger partial charge in [-0.3, -0.25) is 4.79 Å². The van der Waals surface area contributed by atoms with Crippen LogP contribution in [0.4, 0.5) is 0 Å². The van der Waals surface area contributed by atoms with E-state index in [4.69, 9.17) is 5.73 Å². The lowest BCUT2D eigenvalue weighted by atomic mass is 9.89. The van der Waals surface area contributed by atoms with Gasteiger partial charge in [0, 0.05) is 12.6 Å². The molecule has 0 aromatic heterocycles. The van der Waals surface area contributed by atoms with Gasteiger partial charge in [0.15, 0.2) is 0 Å². The molecule has 19 heavy (non-hydrogen) atoms. The number of amides is 1. The van der Waals surface area contributed by atoms with E-state index >= 15 is 0 Å². The van der Waals surface area contributed by atoms with Crippen molar-refractivity contribution in [1.82, 2.24) is 4.90 Å². The molecule has 1 fully saturated rings. The summed E-state index contributed by atoms with van der Waals surface area (Å²) in [5.41, 5.74) is 6.69. The SMILES string of the molecule is CC(C(=O)N(CCCN)C1CCC1)c1ccccc1. The minimum atomic E-state index is -0.0559. The summed E-state index contributed by atoms with van der Waals surface area (Å²) in [5.74, 6) is 0.198. The lowest BCUT2D eigenvalue weighted by Crippen LogP contribution is -2.46. The highest BCUT2D eigenvalue weighted by Gasteiger charge is 2.31. The Hall–Kier alpha value is -1.35. The minimum Gasteiger partial charge on any atom is -0.339 e. The first-order chi connectivity index (χ1) is 9.24. The Bertz CT molecular complexity index is 400. The number of carbonyl (C=O) groups excluding carboxylic acids is 1. The average molecular weight is 260 g/mol. The van der Waals surface area contributed by atoms with E-state index in [1.807, 2.05) is 37.3 Å². The molecule has 0 radical (unpaired) electrons. The van der Waals surface area contributed by atoms with E-state index in [1.54, 1.807) is 0 Å². The lowest BCUT2D eigenvalue weighted by Gasteiger charge is -2.39. The number of hydrogen-bond donors (Lipinski definition) is 1. The molecule has 0 aliphatic heterocycles. The molecule has 104 valence electrons. The van der Waals surface area contributed by atoms with Gasteiger partial charge in [-0.2, -0.15) is 0 Å². The molecular formula is C16H24N2O. The van der Waals surface area contributed by atoms with E-state index in [-0.39, 0.29) is 11.8 Å². The van der Waals surface area contributed by atoms with Gasteiger partial charge >= 0.3 is 0 Å². The second-order valence-corrected chi connectivity index (χ2v) is 5.39. The number of hydrogen-bond acceptors (Lipinski definition) is 2. The highest BCUT2D eigenvalue weighted by Crippen LogP contribution is 2.28. The fourth-order valence-corrected chi connectivity index (χ4v) is 2.57. The molecule has 1 amide bonds. The molecule has 1 saturated carbocycles. The number of rotatable bonds is 6. The third-order valence-electron chi connectivity index (χ3n) is 4.07. The van der Waals surface area contributed by atoms with Gasteiger partial charge in [-0.1, -0.05) is 30.3 Å². The van der Waals surface area contributed by atoms with Gasteiger partial charge in [0.25, 0.3) is 0 Å². The standard InChI is InChI=1S/C16H24N2O/c1-13(14-7-3-2-4-8-14)16(19)18(12-6-11-17)15-9-5-10-15/h2-4,7-8,13,15H,5-6,9-12,17H2,1H3. The van der Waals surface area contributed by atoms with Crippen molar-refractivity contribution >= 4 is 5.91 Å². The highest BCUT2D eigenvalue weighted by molar-refractivity contribution is 5.83. The van der Waals surface area contributed by atoms with Crippen molar-refractivity contribution in [2.75, 3.05) is 13.1 Å². The molecular weight excluding hydrogens is 236 g/mol. The van der Waals surface area contributed by atoms with Crippen molar-refractivity contribution in [3.63, 3.8) is 0 Å². The van der Waals surface area contributed by atoms with Crippen molar-refractivity contribution in [3.8, 4) is 0 Å². The van der Waals surface area contributed by atoms with E-state index in [2.05, 4.69) is 4.90 Å². The maximum absolute atomic E-state index is 12.7. The molecule has 1 atom stereocenters. The van der Waals surface area contributed by atoms with E-state index < -0.39 is 0 Å². The van der Waals surface area contributed by atoms with Crippen molar-refractivity contribution in [2.45, 2.75) is 44.6 Å². The van der Waals surface area contributed by atoms with Gasteiger partial charge in [0.1, 0.15) is 0 Å². The van der Waals surface area contributed by atoms with Crippen LogP contribution >= 0.6 is 0 Å². The van der Waals surface area contributed by atoms with E-state index in [1.165, 1.54) is 6.42 Å². The summed E-state index contributed by atoms with van der Waals surface area (Å²) < 4.78 is 0. The van der Waals surface area contributed by atoms with Crippen LogP contribution in [0, 0.1) is 0 Å². The predicted molar refractivity (Wildman–Crippen MR) is 77.9 cm³/mol. The smallest absolute Gasteiger partial charge is 0.230 e. The van der Waals surface area contributed by atoms with Crippen LogP contribution in [0.5, 0.6) is 0 Å². The van der Waals surface area contributed by atoms with Crippen LogP contribution < -0.4 is 5.73 Å². The van der Waals surface area contributed by atoms with Crippen LogP contribution in [-0.4, -0.2) is 29.9 Å². The Labute approximate surface area is 115 Å². The van der Waals surface area contributed by atoms with Crippen molar-refractivity contribution in [1.29, 1.82) is 0 Å². The Morgan fingerprint density at radius 2 is 2.05 bits per heavy atom. The molecule has 1 aliphatic carbocycles. The van der Waals surface area contributed by atoms with Crippen LogP contribution in [-0.2, 0) is 4.79 Å². The van der Waals surface area contributed by atoms with Gasteiger partial charge in [-0.15, -0.1) is 0 Å². The Morgan fingerprint density at radius 1 is 1.37 bits per heavy atom. The molecule has 0 spiro atoms. The van der Waals surface area contributed by atoms with E-state index in [0.29, 0.717) is 12.6 Å². The first kappa shape index (κ1) is 14.1. The first-order valence-electron chi connectivity index (χ1n) is 7.29. The maximum Gasteiger partial charge on any atom is 0.230 e. The van der Waals surface area contributed by atoms with Crippen LogP contribution in [0.1, 0.15) is 44.1 Å². The molecule has 0 heterocycles. The van der Waals surface area contributed by atoms with Gasteiger partial charge in [0.2, 0.25) is 5.91 Å². The molecule has 1 unspecified atom stereocenters. The first-order valence-corrected chi connectivity index (χ1v) is 7.29. The van der Waals surface area contributed by atoms with Crippen molar-refractivity contribution in [3.05, 3.63) is 35.9 Å². The van der Waals surface area contributed by atoms with Crippen molar-refractivity contribution < 1.29 is 4.79 Å². The third-order valence-corrected chi connectivity index (χ3v) is 4.07. The molecule has 1 aliphatic rings. The fraction of sp³-hybridized carbons (Fsp3) is 0.562. The predicted octanol–water partition coefficient (Wildman–Crippen LogP) is 2.52. The summed E-state index contributed by atoms with van der Waals surface area (Å²) in [7, 11) is 0. The Kier molecular flexibility index (Phi) is 4.97. The normalized spacial score (nSPS) is 16.7. The number of benzene rings is 1. The Morgan fingerprint density at radius 3 is 2.58 bits per heavy atom. The van der Waals surface area contributed by atoms with Gasteiger partial charge in [0.05, 0.1) is 5.92 Å². The number of nitrogens with two attached hydrogens (primary N) is 1. The third kappa shape index (κ3) is 3.35. The summed E-state index contributed by atoms with van der Waals surface area (Å²) in [6, 6.07) is 10.5. The molecule has 0 saturated heterocycles. The van der Waals surface area contributed by atoms with Crippen LogP contribution in [0.15, 0.2) is 30.3 Å². The average Bonchev–Trinajstić information content (AvgIpc) is 2.40.